The smallest absolute Gasteiger partial charge is 0.124 e. The molecule has 0 bridgehead atoms. The Labute approximate surface area is 135 Å². The van der Waals surface area contributed by atoms with E-state index in [-0.39, 0.29) is 18.0 Å². The van der Waals surface area contributed by atoms with Crippen LogP contribution in [-0.4, -0.2) is 18.8 Å². The number of nitrogens with two attached hydrogens (primary N) is 1. The van der Waals surface area contributed by atoms with E-state index in [2.05, 4.69) is 15.9 Å². The predicted molar refractivity (Wildman–Crippen MR) is 87.8 cm³/mol. The highest BCUT2D eigenvalue weighted by Crippen LogP contribution is 2.30. The standard InChI is InChI=1S/C17H25BrFNO/c1-2-21-17(12-6-4-3-5-7-12)16(20)10-13-8-9-14(19)11-15(13)18/h8-9,11-12,16-17H,2-7,10,20H2,1H3. The van der Waals surface area contributed by atoms with E-state index < -0.39 is 0 Å². The molecule has 118 valence electrons. The molecule has 0 saturated heterocycles. The lowest BCUT2D eigenvalue weighted by Gasteiger charge is -2.34. The largest absolute Gasteiger partial charge is 0.377 e. The lowest BCUT2D eigenvalue weighted by atomic mass is 9.81. The normalized spacial score (nSPS) is 19.4. The van der Waals surface area contributed by atoms with E-state index in [1.165, 1.54) is 44.2 Å². The minimum absolute atomic E-state index is 0.0465. The summed E-state index contributed by atoms with van der Waals surface area (Å²) in [6.07, 6.45) is 7.12. The lowest BCUT2D eigenvalue weighted by Crippen LogP contribution is -2.44. The SMILES string of the molecule is CCOC(C(N)Cc1ccc(F)cc1Br)C1CCCCC1. The van der Waals surface area contributed by atoms with Crippen molar-refractivity contribution in [1.29, 1.82) is 0 Å². The van der Waals surface area contributed by atoms with Crippen LogP contribution < -0.4 is 5.73 Å². The molecule has 1 aliphatic carbocycles. The summed E-state index contributed by atoms with van der Waals surface area (Å²) in [4.78, 5) is 0. The molecule has 0 aliphatic heterocycles. The zero-order valence-electron chi connectivity index (χ0n) is 12.7. The van der Waals surface area contributed by atoms with Crippen molar-refractivity contribution in [2.75, 3.05) is 6.61 Å². The van der Waals surface area contributed by atoms with Crippen LogP contribution in [0.25, 0.3) is 0 Å². The van der Waals surface area contributed by atoms with Gasteiger partial charge in [-0.2, -0.15) is 0 Å². The maximum absolute atomic E-state index is 13.2. The van der Waals surface area contributed by atoms with Crippen LogP contribution in [0.15, 0.2) is 22.7 Å². The second-order valence-corrected chi connectivity index (χ2v) is 6.78. The molecule has 1 aromatic carbocycles. The molecule has 1 aromatic rings. The molecule has 1 aliphatic rings. The number of ether oxygens (including phenoxy) is 1. The third-order valence-electron chi connectivity index (χ3n) is 4.37. The molecule has 2 N–H and O–H groups in total. The summed E-state index contributed by atoms with van der Waals surface area (Å²) in [5, 5.41) is 0. The molecule has 2 nitrogen and oxygen atoms in total. The van der Waals surface area contributed by atoms with E-state index in [9.17, 15) is 4.39 Å². The zero-order valence-corrected chi connectivity index (χ0v) is 14.2. The fourth-order valence-corrected chi connectivity index (χ4v) is 3.83. The van der Waals surface area contributed by atoms with E-state index in [0.29, 0.717) is 18.9 Å². The fourth-order valence-electron chi connectivity index (χ4n) is 3.32. The molecule has 0 radical (unpaired) electrons. The van der Waals surface area contributed by atoms with E-state index in [4.69, 9.17) is 10.5 Å². The van der Waals surface area contributed by atoms with Gasteiger partial charge in [0.05, 0.1) is 6.10 Å². The summed E-state index contributed by atoms with van der Waals surface area (Å²) in [7, 11) is 0. The second-order valence-electron chi connectivity index (χ2n) is 5.92. The molecule has 2 unspecified atom stereocenters. The molecule has 1 saturated carbocycles. The van der Waals surface area contributed by atoms with E-state index >= 15 is 0 Å². The third kappa shape index (κ3) is 4.76. The van der Waals surface area contributed by atoms with Gasteiger partial charge in [0.2, 0.25) is 0 Å². The Kier molecular flexibility index (Phi) is 6.65. The summed E-state index contributed by atoms with van der Waals surface area (Å²) < 4.78 is 19.9. The highest BCUT2D eigenvalue weighted by molar-refractivity contribution is 9.10. The Bertz CT molecular complexity index is 448. The minimum Gasteiger partial charge on any atom is -0.377 e. The average molecular weight is 358 g/mol. The first-order valence-corrected chi connectivity index (χ1v) is 8.72. The molecule has 2 atom stereocenters. The lowest BCUT2D eigenvalue weighted by molar-refractivity contribution is -0.00915. The van der Waals surface area contributed by atoms with Gasteiger partial charge in [0, 0.05) is 17.1 Å². The summed E-state index contributed by atoms with van der Waals surface area (Å²) in [6, 6.07) is 4.75. The monoisotopic (exact) mass is 357 g/mol. The molecule has 0 aromatic heterocycles. The van der Waals surface area contributed by atoms with Crippen molar-refractivity contribution < 1.29 is 9.13 Å². The van der Waals surface area contributed by atoms with E-state index in [1.54, 1.807) is 0 Å². The number of rotatable bonds is 6. The van der Waals surface area contributed by atoms with Crippen molar-refractivity contribution in [1.82, 2.24) is 0 Å². The summed E-state index contributed by atoms with van der Waals surface area (Å²) in [5.74, 6) is 0.334. The Morgan fingerprint density at radius 3 is 2.67 bits per heavy atom. The van der Waals surface area contributed by atoms with Crippen molar-refractivity contribution in [2.45, 2.75) is 57.6 Å². The van der Waals surface area contributed by atoms with Crippen LogP contribution in [0, 0.1) is 11.7 Å². The maximum atomic E-state index is 13.2. The van der Waals surface area contributed by atoms with Gasteiger partial charge in [-0.25, -0.2) is 4.39 Å². The first kappa shape index (κ1) is 16.9. The van der Waals surface area contributed by atoms with Gasteiger partial charge in [-0.3, -0.25) is 0 Å². The van der Waals surface area contributed by atoms with Gasteiger partial charge in [0.25, 0.3) is 0 Å². The third-order valence-corrected chi connectivity index (χ3v) is 5.10. The first-order valence-electron chi connectivity index (χ1n) is 7.93. The Hall–Kier alpha value is -0.450. The van der Waals surface area contributed by atoms with Crippen molar-refractivity contribution in [3.8, 4) is 0 Å². The Morgan fingerprint density at radius 1 is 1.33 bits per heavy atom. The molecular weight excluding hydrogens is 333 g/mol. The fraction of sp³-hybridized carbons (Fsp3) is 0.647. The zero-order chi connectivity index (χ0) is 15.2. The van der Waals surface area contributed by atoms with E-state index in [1.807, 2.05) is 13.0 Å². The molecule has 2 rings (SSSR count). The van der Waals surface area contributed by atoms with Crippen LogP contribution in [-0.2, 0) is 11.2 Å². The first-order chi connectivity index (χ1) is 10.1. The van der Waals surface area contributed by atoms with Crippen molar-refractivity contribution in [2.24, 2.45) is 11.7 Å². The van der Waals surface area contributed by atoms with Crippen molar-refractivity contribution in [3.05, 3.63) is 34.1 Å². The Balaban J connectivity index is 2.04. The average Bonchev–Trinajstić information content (AvgIpc) is 2.48. The molecule has 0 spiro atoms. The van der Waals surface area contributed by atoms with Crippen LogP contribution in [0.3, 0.4) is 0 Å². The number of hydrogen-bond acceptors (Lipinski definition) is 2. The predicted octanol–water partition coefficient (Wildman–Crippen LogP) is 4.44. The van der Waals surface area contributed by atoms with Crippen LogP contribution in [0.1, 0.15) is 44.6 Å². The van der Waals surface area contributed by atoms with Gasteiger partial charge in [-0.1, -0.05) is 41.3 Å². The molecule has 1 fully saturated rings. The van der Waals surface area contributed by atoms with Crippen LogP contribution >= 0.6 is 15.9 Å². The molecule has 21 heavy (non-hydrogen) atoms. The number of hydrogen-bond donors (Lipinski definition) is 1. The van der Waals surface area contributed by atoms with Gasteiger partial charge in [0.15, 0.2) is 0 Å². The summed E-state index contributed by atoms with van der Waals surface area (Å²) >= 11 is 3.42. The molecule has 4 heteroatoms. The van der Waals surface area contributed by atoms with Gasteiger partial charge in [0.1, 0.15) is 5.82 Å². The van der Waals surface area contributed by atoms with Gasteiger partial charge < -0.3 is 10.5 Å². The number of halogens is 2. The van der Waals surface area contributed by atoms with E-state index in [0.717, 1.165) is 10.0 Å². The topological polar surface area (TPSA) is 35.2 Å². The highest BCUT2D eigenvalue weighted by Gasteiger charge is 2.29. The highest BCUT2D eigenvalue weighted by atomic mass is 79.9. The molecule has 0 amide bonds. The minimum atomic E-state index is -0.229. The number of benzene rings is 1. The molecule has 0 heterocycles. The summed E-state index contributed by atoms with van der Waals surface area (Å²) in [6.45, 7) is 2.72. The van der Waals surface area contributed by atoms with Crippen molar-refractivity contribution in [3.63, 3.8) is 0 Å². The van der Waals surface area contributed by atoms with Crippen LogP contribution in [0.4, 0.5) is 4.39 Å². The Morgan fingerprint density at radius 2 is 2.05 bits per heavy atom. The quantitative estimate of drug-likeness (QED) is 0.816. The molecular formula is C17H25BrFNO. The van der Waals surface area contributed by atoms with Gasteiger partial charge in [-0.05, 0) is 49.8 Å². The summed E-state index contributed by atoms with van der Waals surface area (Å²) in [5.41, 5.74) is 7.48. The van der Waals surface area contributed by atoms with Crippen LogP contribution in [0.5, 0.6) is 0 Å². The van der Waals surface area contributed by atoms with Crippen molar-refractivity contribution >= 4 is 15.9 Å². The van der Waals surface area contributed by atoms with Gasteiger partial charge >= 0.3 is 0 Å². The maximum Gasteiger partial charge on any atom is 0.124 e. The van der Waals surface area contributed by atoms with Crippen LogP contribution in [0.2, 0.25) is 0 Å². The van der Waals surface area contributed by atoms with Gasteiger partial charge in [-0.15, -0.1) is 0 Å². The second kappa shape index (κ2) is 8.25.